The first-order valence-corrected chi connectivity index (χ1v) is 13.2. The van der Waals surface area contributed by atoms with Crippen molar-refractivity contribution in [3.8, 4) is 11.1 Å². The van der Waals surface area contributed by atoms with Crippen molar-refractivity contribution < 1.29 is 21.6 Å². The summed E-state index contributed by atoms with van der Waals surface area (Å²) in [6.07, 6.45) is -0.160. The van der Waals surface area contributed by atoms with Gasteiger partial charge in [0, 0.05) is 31.2 Å². The predicted octanol–water partition coefficient (Wildman–Crippen LogP) is 4.74. The standard InChI is InChI=1S/C23H22F3N5O2S2.ClH/c24-23(25,26)17-4-5-20(21(12-17)15-6-9-27-10-7-15)19-3-1-2-16-13-31(11-8-18(16)19)35(32,33)30-22-28-14-29-34-22;/h1-6,12,14,27H,7-11,13H2,(H,28,29,30);1H. The van der Waals surface area contributed by atoms with E-state index in [1.165, 1.54) is 22.8 Å². The number of hydrogen-bond acceptors (Lipinski definition) is 6. The number of hydrogen-bond donors (Lipinski definition) is 2. The summed E-state index contributed by atoms with van der Waals surface area (Å²) in [5.41, 5.74) is 4.10. The van der Waals surface area contributed by atoms with Crippen molar-refractivity contribution in [1.82, 2.24) is 19.0 Å². The highest BCUT2D eigenvalue weighted by atomic mass is 35.5. The van der Waals surface area contributed by atoms with Crippen LogP contribution < -0.4 is 10.0 Å². The maximum Gasteiger partial charge on any atom is 0.416 e. The Kier molecular flexibility index (Phi) is 7.72. The van der Waals surface area contributed by atoms with E-state index in [9.17, 15) is 21.6 Å². The molecule has 1 aromatic heterocycles. The maximum absolute atomic E-state index is 13.5. The van der Waals surface area contributed by atoms with Gasteiger partial charge in [-0.25, -0.2) is 9.71 Å². The summed E-state index contributed by atoms with van der Waals surface area (Å²) in [4.78, 5) is 3.87. The highest BCUT2D eigenvalue weighted by Gasteiger charge is 2.33. The topological polar surface area (TPSA) is 87.2 Å². The molecule has 5 rings (SSSR count). The van der Waals surface area contributed by atoms with Gasteiger partial charge in [0.2, 0.25) is 5.13 Å². The SMILES string of the molecule is Cl.O=S(=O)(Nc1ncns1)N1CCc2c(cccc2-c2ccc(C(F)(F)F)cc2C2=CCNCC2)C1. The lowest BCUT2D eigenvalue weighted by Gasteiger charge is -2.30. The van der Waals surface area contributed by atoms with Gasteiger partial charge < -0.3 is 5.32 Å². The van der Waals surface area contributed by atoms with Gasteiger partial charge in [-0.1, -0.05) is 30.3 Å². The fourth-order valence-corrected chi connectivity index (χ4v) is 6.32. The number of halogens is 4. The van der Waals surface area contributed by atoms with Crippen LogP contribution in [-0.2, 0) is 29.4 Å². The average molecular weight is 558 g/mol. The number of fused-ring (bicyclic) bond motifs is 1. The number of nitrogens with one attached hydrogen (secondary N) is 2. The number of nitrogens with zero attached hydrogens (tertiary/aromatic N) is 3. The molecule has 0 spiro atoms. The van der Waals surface area contributed by atoms with E-state index >= 15 is 0 Å². The van der Waals surface area contributed by atoms with Crippen LogP contribution in [0.5, 0.6) is 0 Å². The van der Waals surface area contributed by atoms with Crippen LogP contribution in [0.4, 0.5) is 18.3 Å². The van der Waals surface area contributed by atoms with E-state index in [0.717, 1.165) is 45.4 Å². The molecule has 0 bridgehead atoms. The fraction of sp³-hybridized carbons (Fsp3) is 0.304. The zero-order valence-corrected chi connectivity index (χ0v) is 21.3. The van der Waals surface area contributed by atoms with Crippen LogP contribution in [0.3, 0.4) is 0 Å². The molecule has 0 radical (unpaired) electrons. The summed E-state index contributed by atoms with van der Waals surface area (Å²) in [6, 6.07) is 9.47. The lowest BCUT2D eigenvalue weighted by atomic mass is 9.85. The van der Waals surface area contributed by atoms with Crippen molar-refractivity contribution >= 4 is 44.9 Å². The minimum Gasteiger partial charge on any atom is -0.313 e. The van der Waals surface area contributed by atoms with Crippen LogP contribution in [0.15, 0.2) is 48.8 Å². The molecule has 2 N–H and O–H groups in total. The van der Waals surface area contributed by atoms with Crippen molar-refractivity contribution in [1.29, 1.82) is 0 Å². The Morgan fingerprint density at radius 2 is 1.92 bits per heavy atom. The molecule has 36 heavy (non-hydrogen) atoms. The highest BCUT2D eigenvalue weighted by Crippen LogP contribution is 2.40. The van der Waals surface area contributed by atoms with Gasteiger partial charge >= 0.3 is 16.4 Å². The van der Waals surface area contributed by atoms with Crippen LogP contribution in [0.25, 0.3) is 16.7 Å². The van der Waals surface area contributed by atoms with Crippen molar-refractivity contribution in [2.24, 2.45) is 0 Å². The molecule has 7 nitrogen and oxygen atoms in total. The van der Waals surface area contributed by atoms with E-state index in [0.29, 0.717) is 31.5 Å². The molecule has 0 atom stereocenters. The molecular formula is C23H23ClF3N5O2S2. The van der Waals surface area contributed by atoms with E-state index in [4.69, 9.17) is 0 Å². The molecule has 13 heteroatoms. The number of alkyl halides is 3. The van der Waals surface area contributed by atoms with Crippen molar-refractivity contribution in [3.05, 3.63) is 71.1 Å². The van der Waals surface area contributed by atoms with Crippen LogP contribution in [0.2, 0.25) is 0 Å². The third-order valence-corrected chi connectivity index (χ3v) is 8.35. The molecule has 0 amide bonds. The molecule has 0 aliphatic carbocycles. The molecule has 0 unspecified atom stereocenters. The summed E-state index contributed by atoms with van der Waals surface area (Å²) in [6.45, 7) is 1.69. The summed E-state index contributed by atoms with van der Waals surface area (Å²) in [7, 11) is -3.82. The van der Waals surface area contributed by atoms with E-state index in [2.05, 4.69) is 19.4 Å². The number of aromatic nitrogens is 2. The molecule has 2 aliphatic rings. The summed E-state index contributed by atoms with van der Waals surface area (Å²) in [5, 5.41) is 3.39. The Hall–Kier alpha value is -2.51. The van der Waals surface area contributed by atoms with E-state index in [-0.39, 0.29) is 30.6 Å². The second kappa shape index (κ2) is 10.5. The number of rotatable bonds is 5. The zero-order valence-electron chi connectivity index (χ0n) is 18.9. The van der Waals surface area contributed by atoms with Crippen molar-refractivity contribution in [2.75, 3.05) is 24.4 Å². The lowest BCUT2D eigenvalue weighted by Crippen LogP contribution is -2.39. The maximum atomic E-state index is 13.5. The number of anilines is 1. The summed E-state index contributed by atoms with van der Waals surface area (Å²) >= 11 is 0.949. The van der Waals surface area contributed by atoms with Crippen molar-refractivity contribution in [2.45, 2.75) is 25.6 Å². The van der Waals surface area contributed by atoms with E-state index < -0.39 is 21.9 Å². The quantitative estimate of drug-likeness (QED) is 0.473. The molecule has 2 aliphatic heterocycles. The Morgan fingerprint density at radius 1 is 1.08 bits per heavy atom. The van der Waals surface area contributed by atoms with Gasteiger partial charge in [0.05, 0.1) is 5.56 Å². The van der Waals surface area contributed by atoms with Gasteiger partial charge in [-0.15, -0.1) is 12.4 Å². The minimum atomic E-state index is -4.44. The second-order valence-corrected chi connectivity index (χ2v) is 10.8. The Balaban J connectivity index is 0.00000304. The van der Waals surface area contributed by atoms with Crippen molar-refractivity contribution in [3.63, 3.8) is 0 Å². The smallest absolute Gasteiger partial charge is 0.313 e. The van der Waals surface area contributed by atoms with Gasteiger partial charge in [0.25, 0.3) is 0 Å². The van der Waals surface area contributed by atoms with Gasteiger partial charge in [0.15, 0.2) is 0 Å². The lowest BCUT2D eigenvalue weighted by molar-refractivity contribution is -0.137. The Labute approximate surface area is 217 Å². The second-order valence-electron chi connectivity index (χ2n) is 8.32. The molecule has 3 aromatic rings. The molecule has 2 aromatic carbocycles. The third kappa shape index (κ3) is 5.42. The molecule has 0 saturated heterocycles. The third-order valence-electron chi connectivity index (χ3n) is 6.20. The summed E-state index contributed by atoms with van der Waals surface area (Å²) in [5.74, 6) is 0. The van der Waals surface area contributed by atoms with Crippen LogP contribution in [0, 0.1) is 0 Å². The monoisotopic (exact) mass is 557 g/mol. The van der Waals surface area contributed by atoms with Crippen LogP contribution >= 0.6 is 23.9 Å². The van der Waals surface area contributed by atoms with E-state index in [1.54, 1.807) is 0 Å². The zero-order chi connectivity index (χ0) is 24.6. The fourth-order valence-electron chi connectivity index (χ4n) is 4.52. The minimum absolute atomic E-state index is 0. The molecule has 3 heterocycles. The van der Waals surface area contributed by atoms with Gasteiger partial charge in [-0.3, -0.25) is 0 Å². The van der Waals surface area contributed by atoms with Gasteiger partial charge in [-0.05, 0) is 64.9 Å². The average Bonchev–Trinajstić information content (AvgIpc) is 3.35. The normalized spacial score (nSPS) is 16.6. The van der Waals surface area contributed by atoms with Crippen LogP contribution in [0.1, 0.15) is 28.7 Å². The molecule has 0 fully saturated rings. The summed E-state index contributed by atoms with van der Waals surface area (Å²) < 4.78 is 73.8. The van der Waals surface area contributed by atoms with Gasteiger partial charge in [-0.2, -0.15) is 30.3 Å². The first-order valence-electron chi connectivity index (χ1n) is 11.0. The first-order chi connectivity index (χ1) is 16.7. The molecular weight excluding hydrogens is 535 g/mol. The predicted molar refractivity (Wildman–Crippen MR) is 136 cm³/mol. The number of benzene rings is 2. The Morgan fingerprint density at radius 3 is 2.61 bits per heavy atom. The largest absolute Gasteiger partial charge is 0.416 e. The highest BCUT2D eigenvalue weighted by molar-refractivity contribution is 7.90. The van der Waals surface area contributed by atoms with Gasteiger partial charge in [0.1, 0.15) is 6.33 Å². The van der Waals surface area contributed by atoms with Crippen LogP contribution in [-0.4, -0.2) is 41.7 Å². The molecule has 0 saturated carbocycles. The van der Waals surface area contributed by atoms with E-state index in [1.807, 2.05) is 24.3 Å². The molecule has 192 valence electrons. The Bertz CT molecular complexity index is 1380. The first kappa shape index (κ1) is 26.6.